The van der Waals surface area contributed by atoms with Crippen LogP contribution >= 0.6 is 0 Å². The van der Waals surface area contributed by atoms with Crippen LogP contribution in [0.4, 0.5) is 0 Å². The topological polar surface area (TPSA) is 55.5 Å². The average Bonchev–Trinajstić information content (AvgIpc) is 2.18. The van der Waals surface area contributed by atoms with Crippen LogP contribution in [0.25, 0.3) is 0 Å². The maximum Gasteiger partial charge on any atom is 0.122 e. The Hall–Kier alpha value is -1.06. The molecular weight excluding hydrogens is 178 g/mol. The predicted octanol–water partition coefficient (Wildman–Crippen LogP) is 1.17. The van der Waals surface area contributed by atoms with Crippen molar-refractivity contribution in [1.82, 2.24) is 0 Å². The fourth-order valence-electron chi connectivity index (χ4n) is 1.54. The molecule has 0 radical (unpaired) electrons. The largest absolute Gasteiger partial charge is 0.496 e. The van der Waals surface area contributed by atoms with E-state index in [1.165, 1.54) is 0 Å². The van der Waals surface area contributed by atoms with E-state index in [0.717, 1.165) is 16.9 Å². The van der Waals surface area contributed by atoms with Crippen LogP contribution in [0.3, 0.4) is 0 Å². The number of hydrogen-bond donors (Lipinski definition) is 2. The Morgan fingerprint density at radius 1 is 1.50 bits per heavy atom. The molecule has 0 aliphatic rings. The van der Waals surface area contributed by atoms with Crippen LogP contribution in [-0.4, -0.2) is 18.8 Å². The summed E-state index contributed by atoms with van der Waals surface area (Å²) in [6, 6.07) is 5.67. The van der Waals surface area contributed by atoms with Crippen LogP contribution in [0.2, 0.25) is 0 Å². The molecule has 1 aromatic carbocycles. The van der Waals surface area contributed by atoms with Crippen molar-refractivity contribution in [3.8, 4) is 5.75 Å². The minimum Gasteiger partial charge on any atom is -0.496 e. The van der Waals surface area contributed by atoms with Crippen molar-refractivity contribution in [2.24, 2.45) is 5.73 Å². The molecule has 0 heterocycles. The molecule has 0 fully saturated rings. The van der Waals surface area contributed by atoms with Gasteiger partial charge in [-0.25, -0.2) is 0 Å². The van der Waals surface area contributed by atoms with E-state index in [2.05, 4.69) is 0 Å². The van der Waals surface area contributed by atoms with Gasteiger partial charge in [-0.3, -0.25) is 0 Å². The van der Waals surface area contributed by atoms with E-state index < -0.39 is 5.54 Å². The second-order valence-corrected chi connectivity index (χ2v) is 3.71. The lowest BCUT2D eigenvalue weighted by Crippen LogP contribution is -2.37. The summed E-state index contributed by atoms with van der Waals surface area (Å²) in [5.74, 6) is 0.799. The van der Waals surface area contributed by atoms with Crippen molar-refractivity contribution in [3.63, 3.8) is 0 Å². The Morgan fingerprint density at radius 2 is 2.14 bits per heavy atom. The van der Waals surface area contributed by atoms with E-state index in [0.29, 0.717) is 0 Å². The molecule has 0 bridgehead atoms. The number of rotatable bonds is 3. The van der Waals surface area contributed by atoms with Gasteiger partial charge >= 0.3 is 0 Å². The molecule has 0 saturated heterocycles. The molecule has 1 rings (SSSR count). The van der Waals surface area contributed by atoms with Crippen molar-refractivity contribution in [1.29, 1.82) is 0 Å². The molecular formula is C11H17NO2. The molecule has 1 aromatic rings. The Balaban J connectivity index is 3.22. The van der Waals surface area contributed by atoms with Crippen molar-refractivity contribution in [2.45, 2.75) is 19.4 Å². The van der Waals surface area contributed by atoms with Crippen molar-refractivity contribution in [2.75, 3.05) is 13.7 Å². The third kappa shape index (κ3) is 1.89. The highest BCUT2D eigenvalue weighted by Gasteiger charge is 2.23. The molecule has 0 amide bonds. The first kappa shape index (κ1) is 11.0. The zero-order valence-corrected chi connectivity index (χ0v) is 8.87. The van der Waals surface area contributed by atoms with E-state index in [4.69, 9.17) is 15.6 Å². The molecule has 3 nitrogen and oxygen atoms in total. The van der Waals surface area contributed by atoms with Gasteiger partial charge in [0.1, 0.15) is 5.75 Å². The van der Waals surface area contributed by atoms with E-state index >= 15 is 0 Å². The summed E-state index contributed by atoms with van der Waals surface area (Å²) in [6.45, 7) is 3.66. The number of aliphatic hydroxyl groups is 1. The van der Waals surface area contributed by atoms with E-state index in [1.807, 2.05) is 25.1 Å². The number of nitrogens with two attached hydrogens (primary N) is 1. The first-order valence-electron chi connectivity index (χ1n) is 4.56. The van der Waals surface area contributed by atoms with Crippen LogP contribution < -0.4 is 10.5 Å². The maximum absolute atomic E-state index is 9.17. The predicted molar refractivity (Wildman–Crippen MR) is 56.4 cm³/mol. The fraction of sp³-hybridized carbons (Fsp3) is 0.455. The number of hydrogen-bond acceptors (Lipinski definition) is 3. The Labute approximate surface area is 84.5 Å². The minimum atomic E-state index is -0.710. The van der Waals surface area contributed by atoms with Crippen molar-refractivity contribution >= 4 is 0 Å². The van der Waals surface area contributed by atoms with E-state index in [1.54, 1.807) is 14.0 Å². The highest BCUT2D eigenvalue weighted by atomic mass is 16.5. The van der Waals surface area contributed by atoms with Crippen LogP contribution in [0.15, 0.2) is 18.2 Å². The second kappa shape index (κ2) is 3.98. The second-order valence-electron chi connectivity index (χ2n) is 3.71. The molecule has 3 heteroatoms. The number of ether oxygens (including phenoxy) is 1. The maximum atomic E-state index is 9.17. The zero-order chi connectivity index (χ0) is 10.8. The van der Waals surface area contributed by atoms with Gasteiger partial charge in [-0.1, -0.05) is 12.1 Å². The van der Waals surface area contributed by atoms with Gasteiger partial charge in [0, 0.05) is 0 Å². The van der Waals surface area contributed by atoms with Gasteiger partial charge in [-0.05, 0) is 31.0 Å². The number of methoxy groups -OCH3 is 1. The average molecular weight is 195 g/mol. The summed E-state index contributed by atoms with van der Waals surface area (Å²) in [4.78, 5) is 0. The van der Waals surface area contributed by atoms with Crippen LogP contribution in [0.5, 0.6) is 5.75 Å². The normalized spacial score (nSPS) is 14.9. The van der Waals surface area contributed by atoms with Gasteiger partial charge in [0.2, 0.25) is 0 Å². The first-order valence-corrected chi connectivity index (χ1v) is 4.56. The van der Waals surface area contributed by atoms with E-state index in [-0.39, 0.29) is 6.61 Å². The lowest BCUT2D eigenvalue weighted by molar-refractivity contribution is 0.209. The van der Waals surface area contributed by atoms with Crippen LogP contribution in [0, 0.1) is 6.92 Å². The van der Waals surface area contributed by atoms with Crippen LogP contribution in [-0.2, 0) is 5.54 Å². The fourth-order valence-corrected chi connectivity index (χ4v) is 1.54. The Morgan fingerprint density at radius 3 is 2.64 bits per heavy atom. The Bertz CT molecular complexity index is 321. The van der Waals surface area contributed by atoms with Crippen molar-refractivity contribution in [3.05, 3.63) is 29.3 Å². The summed E-state index contributed by atoms with van der Waals surface area (Å²) in [7, 11) is 1.62. The summed E-state index contributed by atoms with van der Waals surface area (Å²) in [5.41, 5.74) is 7.14. The monoisotopic (exact) mass is 195 g/mol. The molecule has 0 aliphatic heterocycles. The summed E-state index contributed by atoms with van der Waals surface area (Å²) >= 11 is 0. The molecule has 0 aromatic heterocycles. The smallest absolute Gasteiger partial charge is 0.122 e. The lowest BCUT2D eigenvalue weighted by atomic mass is 9.90. The first-order chi connectivity index (χ1) is 6.53. The molecule has 0 spiro atoms. The van der Waals surface area contributed by atoms with Gasteiger partial charge < -0.3 is 15.6 Å². The summed E-state index contributed by atoms with van der Waals surface area (Å²) in [5, 5.41) is 9.17. The molecule has 1 unspecified atom stereocenters. The highest BCUT2D eigenvalue weighted by Crippen LogP contribution is 2.27. The van der Waals surface area contributed by atoms with Gasteiger partial charge in [0.15, 0.2) is 0 Å². The molecule has 0 saturated carbocycles. The SMILES string of the molecule is COc1cccc(C(C)(N)CO)c1C. The van der Waals surface area contributed by atoms with Gasteiger partial charge in [-0.2, -0.15) is 0 Å². The van der Waals surface area contributed by atoms with Gasteiger partial charge in [0.25, 0.3) is 0 Å². The van der Waals surface area contributed by atoms with Crippen LogP contribution in [0.1, 0.15) is 18.1 Å². The quantitative estimate of drug-likeness (QED) is 0.761. The van der Waals surface area contributed by atoms with Gasteiger partial charge in [-0.15, -0.1) is 0 Å². The molecule has 1 atom stereocenters. The summed E-state index contributed by atoms with van der Waals surface area (Å²) < 4.78 is 5.19. The highest BCUT2D eigenvalue weighted by molar-refractivity contribution is 5.42. The lowest BCUT2D eigenvalue weighted by Gasteiger charge is -2.25. The van der Waals surface area contributed by atoms with Crippen molar-refractivity contribution < 1.29 is 9.84 Å². The van der Waals surface area contributed by atoms with E-state index in [9.17, 15) is 0 Å². The zero-order valence-electron chi connectivity index (χ0n) is 8.87. The molecule has 14 heavy (non-hydrogen) atoms. The third-order valence-electron chi connectivity index (χ3n) is 2.45. The molecule has 0 aliphatic carbocycles. The molecule has 3 N–H and O–H groups in total. The number of aliphatic hydroxyl groups excluding tert-OH is 1. The minimum absolute atomic E-state index is 0.0823. The third-order valence-corrected chi connectivity index (χ3v) is 2.45. The summed E-state index contributed by atoms with van der Waals surface area (Å²) in [6.07, 6.45) is 0. The standard InChI is InChI=1S/C11H17NO2/c1-8-9(11(2,12)7-13)5-4-6-10(8)14-3/h4-6,13H,7,12H2,1-3H3. The van der Waals surface area contributed by atoms with Gasteiger partial charge in [0.05, 0.1) is 19.3 Å². The number of benzene rings is 1. The Kier molecular flexibility index (Phi) is 3.13. The molecule has 78 valence electrons.